The molecule has 2 nitrogen and oxygen atoms in total. The molecule has 0 spiro atoms. The van der Waals surface area contributed by atoms with E-state index in [0.717, 1.165) is 19.3 Å². The van der Waals surface area contributed by atoms with E-state index in [-0.39, 0.29) is 14.9 Å². The minimum absolute atomic E-state index is 0.000531. The first kappa shape index (κ1) is 14.5. The van der Waals surface area contributed by atoms with Crippen molar-refractivity contribution in [2.24, 2.45) is 16.5 Å². The van der Waals surface area contributed by atoms with Gasteiger partial charge >= 0.3 is 0 Å². The zero-order valence-corrected chi connectivity index (χ0v) is 13.9. The number of fused-ring (bicyclic) bond motifs is 1. The van der Waals surface area contributed by atoms with Crippen molar-refractivity contribution in [2.75, 3.05) is 0 Å². The number of nitrogens with zero attached hydrogens (tertiary/aromatic N) is 1. The molecule has 3 heteroatoms. The molecule has 0 N–H and O–H groups in total. The first-order chi connectivity index (χ1) is 8.49. The molecular weight excluding hydrogens is 337 g/mol. The third-order valence-corrected chi connectivity index (χ3v) is 7.59. The van der Waals surface area contributed by atoms with Crippen molar-refractivity contribution in [3.63, 3.8) is 0 Å². The Morgan fingerprint density at radius 3 is 2.94 bits per heavy atom. The predicted octanol–water partition coefficient (Wildman–Crippen LogP) is 5.25. The van der Waals surface area contributed by atoms with Gasteiger partial charge in [-0.25, -0.2) is 0 Å². The van der Waals surface area contributed by atoms with E-state index in [9.17, 15) is 4.91 Å². The van der Waals surface area contributed by atoms with Gasteiger partial charge in [-0.15, -0.1) is 0 Å². The van der Waals surface area contributed by atoms with Gasteiger partial charge in [-0.05, 0) is 31.6 Å². The van der Waals surface area contributed by atoms with E-state index in [2.05, 4.69) is 54.6 Å². The predicted molar refractivity (Wildman–Crippen MR) is 85.1 cm³/mol. The van der Waals surface area contributed by atoms with Gasteiger partial charge in [0.2, 0.25) is 0 Å². The third kappa shape index (κ3) is 1.97. The molecule has 0 aromatic carbocycles. The summed E-state index contributed by atoms with van der Waals surface area (Å²) in [6, 6.07) is -0.000531. The molecule has 0 heterocycles. The van der Waals surface area contributed by atoms with Crippen LogP contribution in [-0.4, -0.2) is 9.46 Å². The smallest absolute Gasteiger partial charge is 0.108 e. The summed E-state index contributed by atoms with van der Waals surface area (Å²) >= 11 is 2.55. The molecule has 1 fully saturated rings. The Labute approximate surface area is 124 Å². The highest BCUT2D eigenvalue weighted by molar-refractivity contribution is 14.1. The van der Waals surface area contributed by atoms with Crippen LogP contribution >= 0.6 is 22.6 Å². The Morgan fingerprint density at radius 2 is 2.33 bits per heavy atom. The molecule has 4 atom stereocenters. The molecule has 102 valence electrons. The van der Waals surface area contributed by atoms with Crippen LogP contribution in [0.2, 0.25) is 0 Å². The monoisotopic (exact) mass is 361 g/mol. The lowest BCUT2D eigenvalue weighted by molar-refractivity contribution is 0.186. The van der Waals surface area contributed by atoms with E-state index in [0.29, 0.717) is 5.92 Å². The van der Waals surface area contributed by atoms with Gasteiger partial charge < -0.3 is 0 Å². The Bertz CT molecular complexity index is 368. The van der Waals surface area contributed by atoms with Gasteiger partial charge in [-0.1, -0.05) is 73.0 Å². The van der Waals surface area contributed by atoms with Gasteiger partial charge in [0.15, 0.2) is 0 Å². The summed E-state index contributed by atoms with van der Waals surface area (Å²) in [7, 11) is 0. The topological polar surface area (TPSA) is 29.4 Å². The fourth-order valence-electron chi connectivity index (χ4n) is 4.15. The molecule has 0 aromatic heterocycles. The van der Waals surface area contributed by atoms with E-state index < -0.39 is 0 Å². The average molecular weight is 361 g/mol. The van der Waals surface area contributed by atoms with Gasteiger partial charge in [0.25, 0.3) is 0 Å². The number of alkyl halides is 1. The molecule has 2 aliphatic carbocycles. The van der Waals surface area contributed by atoms with Gasteiger partial charge in [0, 0.05) is 5.41 Å². The summed E-state index contributed by atoms with van der Waals surface area (Å²) in [6.07, 6.45) is 9.30. The average Bonchev–Trinajstić information content (AvgIpc) is 2.61. The maximum absolute atomic E-state index is 11.2. The number of hydrogen-bond donors (Lipinski definition) is 0. The lowest BCUT2D eigenvalue weighted by Crippen LogP contribution is -2.50. The van der Waals surface area contributed by atoms with Crippen LogP contribution in [0.4, 0.5) is 0 Å². The maximum atomic E-state index is 11.2. The van der Waals surface area contributed by atoms with Crippen LogP contribution in [0.5, 0.6) is 0 Å². The number of hydrogen-bond acceptors (Lipinski definition) is 2. The van der Waals surface area contributed by atoms with Crippen molar-refractivity contribution < 1.29 is 0 Å². The number of allylic oxidation sites excluding steroid dienone is 2. The van der Waals surface area contributed by atoms with E-state index in [4.69, 9.17) is 0 Å². The van der Waals surface area contributed by atoms with Crippen LogP contribution in [0.1, 0.15) is 59.3 Å². The second kappa shape index (κ2) is 5.22. The first-order valence-corrected chi connectivity index (χ1v) is 8.29. The molecule has 2 rings (SSSR count). The zero-order chi connectivity index (χ0) is 13.4. The summed E-state index contributed by atoms with van der Waals surface area (Å²) in [6.45, 7) is 6.98. The zero-order valence-electron chi connectivity index (χ0n) is 11.7. The standard InChI is InChI=1S/C15H24INO/c1-4-6-11(2)12-8-10-15(16)13(17-18)7-5-9-14(12,15)3/h8,11,13H,4-7,9-10H2,1-3H3/t11-,13+,14?,15+/m0/s1. The maximum Gasteiger partial charge on any atom is 0.108 e. The number of rotatable bonds is 4. The van der Waals surface area contributed by atoms with Crippen LogP contribution < -0.4 is 0 Å². The van der Waals surface area contributed by atoms with Crippen molar-refractivity contribution in [1.82, 2.24) is 0 Å². The molecule has 2 aliphatic rings. The molecule has 0 amide bonds. The molecule has 1 saturated carbocycles. The second-order valence-electron chi connectivity index (χ2n) is 6.26. The lowest BCUT2D eigenvalue weighted by atomic mass is 9.62. The minimum atomic E-state index is -0.000531. The normalized spacial score (nSPS) is 41.1. The van der Waals surface area contributed by atoms with Crippen molar-refractivity contribution in [3.05, 3.63) is 16.6 Å². The fraction of sp³-hybridized carbons (Fsp3) is 0.867. The summed E-state index contributed by atoms with van der Waals surface area (Å²) in [5.74, 6) is 0.655. The summed E-state index contributed by atoms with van der Waals surface area (Å²) in [5.41, 5.74) is 1.80. The first-order valence-electron chi connectivity index (χ1n) is 7.21. The molecule has 1 unspecified atom stereocenters. The molecule has 0 radical (unpaired) electrons. The van der Waals surface area contributed by atoms with Crippen molar-refractivity contribution in [1.29, 1.82) is 0 Å². The SMILES string of the molecule is CCC[C@H](C)C1=CC[C@@]2(I)[C@H](N=O)CCCC12C. The van der Waals surface area contributed by atoms with Crippen LogP contribution in [0.15, 0.2) is 16.8 Å². The molecule has 0 saturated heterocycles. The highest BCUT2D eigenvalue weighted by atomic mass is 127. The summed E-state index contributed by atoms with van der Waals surface area (Å²) < 4.78 is 0.0437. The molecule has 18 heavy (non-hydrogen) atoms. The van der Waals surface area contributed by atoms with Gasteiger partial charge in [0.1, 0.15) is 6.04 Å². The Balaban J connectivity index is 2.30. The second-order valence-corrected chi connectivity index (χ2v) is 8.19. The highest BCUT2D eigenvalue weighted by Gasteiger charge is 2.58. The molecular formula is C15H24INO. The molecule has 0 aliphatic heterocycles. The molecule has 0 bridgehead atoms. The van der Waals surface area contributed by atoms with Crippen LogP contribution in [-0.2, 0) is 0 Å². The van der Waals surface area contributed by atoms with Crippen molar-refractivity contribution >= 4 is 22.6 Å². The fourth-order valence-corrected chi connectivity index (χ4v) is 5.38. The largest absolute Gasteiger partial charge is 0.150 e. The summed E-state index contributed by atoms with van der Waals surface area (Å²) in [5, 5.41) is 3.46. The van der Waals surface area contributed by atoms with E-state index in [1.165, 1.54) is 19.3 Å². The van der Waals surface area contributed by atoms with Crippen LogP contribution in [0.25, 0.3) is 0 Å². The Hall–Kier alpha value is 0.0700. The van der Waals surface area contributed by atoms with Gasteiger partial charge in [-0.3, -0.25) is 0 Å². The minimum Gasteiger partial charge on any atom is -0.150 e. The number of nitroso groups, excluding NO2 is 1. The van der Waals surface area contributed by atoms with Crippen molar-refractivity contribution in [3.8, 4) is 0 Å². The quantitative estimate of drug-likeness (QED) is 0.291. The van der Waals surface area contributed by atoms with Gasteiger partial charge in [0.05, 0.1) is 3.42 Å². The van der Waals surface area contributed by atoms with E-state index in [1.54, 1.807) is 5.57 Å². The molecule has 0 aromatic rings. The third-order valence-electron chi connectivity index (χ3n) is 5.24. The van der Waals surface area contributed by atoms with E-state index in [1.807, 2.05) is 0 Å². The summed E-state index contributed by atoms with van der Waals surface area (Å²) in [4.78, 5) is 11.2. The van der Waals surface area contributed by atoms with Crippen molar-refractivity contribution in [2.45, 2.75) is 68.8 Å². The highest BCUT2D eigenvalue weighted by Crippen LogP contribution is 2.62. The van der Waals surface area contributed by atoms with Gasteiger partial charge in [-0.2, -0.15) is 4.91 Å². The van der Waals surface area contributed by atoms with E-state index >= 15 is 0 Å². The van der Waals surface area contributed by atoms with Crippen LogP contribution in [0, 0.1) is 16.2 Å². The van der Waals surface area contributed by atoms with Crippen LogP contribution in [0.3, 0.4) is 0 Å². The Morgan fingerprint density at radius 1 is 1.61 bits per heavy atom. The Kier molecular flexibility index (Phi) is 4.20. The number of halogens is 1. The lowest BCUT2D eigenvalue weighted by Gasteiger charge is -2.49.